The summed E-state index contributed by atoms with van der Waals surface area (Å²) >= 11 is 0. The molecule has 0 amide bonds. The Morgan fingerprint density at radius 2 is 1.70 bits per heavy atom. The van der Waals surface area contributed by atoms with Gasteiger partial charge >= 0.3 is 5.97 Å². The number of hydrogen-bond donors (Lipinski definition) is 0. The van der Waals surface area contributed by atoms with Gasteiger partial charge in [0.1, 0.15) is 6.10 Å². The molecular weight excluding hydrogens is 372 g/mol. The van der Waals surface area contributed by atoms with Gasteiger partial charge in [-0.2, -0.15) is 0 Å². The van der Waals surface area contributed by atoms with Crippen LogP contribution in [0.4, 0.5) is 0 Å². The zero-order valence-corrected chi connectivity index (χ0v) is 19.8. The molecule has 166 valence electrons. The Morgan fingerprint density at radius 3 is 2.43 bits per heavy atom. The van der Waals surface area contributed by atoms with Crippen LogP contribution >= 0.6 is 0 Å². The first kappa shape index (κ1) is 20.6. The number of fused-ring (bicyclic) bond motifs is 7. The van der Waals surface area contributed by atoms with E-state index in [2.05, 4.69) is 34.6 Å². The van der Waals surface area contributed by atoms with Gasteiger partial charge in [-0.15, -0.1) is 0 Å². The number of furan rings is 1. The van der Waals surface area contributed by atoms with Crippen molar-refractivity contribution in [2.45, 2.75) is 104 Å². The van der Waals surface area contributed by atoms with E-state index in [4.69, 9.17) is 9.15 Å². The number of aryl methyl sites for hydroxylation is 1. The quantitative estimate of drug-likeness (QED) is 0.483. The molecule has 0 N–H and O–H groups in total. The van der Waals surface area contributed by atoms with Gasteiger partial charge in [-0.1, -0.05) is 41.0 Å². The zero-order chi connectivity index (χ0) is 21.5. The van der Waals surface area contributed by atoms with Gasteiger partial charge in [0, 0.05) is 17.9 Å². The molecule has 1 aromatic heterocycles. The summed E-state index contributed by atoms with van der Waals surface area (Å²) in [6, 6.07) is 0. The highest BCUT2D eigenvalue weighted by atomic mass is 16.5. The molecule has 3 saturated carbocycles. The Kier molecular flexibility index (Phi) is 4.40. The van der Waals surface area contributed by atoms with E-state index in [9.17, 15) is 4.79 Å². The van der Waals surface area contributed by atoms with E-state index >= 15 is 0 Å². The van der Waals surface area contributed by atoms with Crippen molar-refractivity contribution in [3.8, 4) is 0 Å². The summed E-state index contributed by atoms with van der Waals surface area (Å²) in [7, 11) is 0. The maximum Gasteiger partial charge on any atom is 0.302 e. The average molecular weight is 413 g/mol. The minimum absolute atomic E-state index is 0.0599. The molecule has 0 unspecified atom stereocenters. The van der Waals surface area contributed by atoms with Gasteiger partial charge in [-0.05, 0) is 84.5 Å². The van der Waals surface area contributed by atoms with Gasteiger partial charge in [0.2, 0.25) is 0 Å². The molecule has 4 aliphatic carbocycles. The van der Waals surface area contributed by atoms with Gasteiger partial charge in [0.25, 0.3) is 0 Å². The normalized spacial score (nSPS) is 46.7. The molecule has 3 fully saturated rings. The molecule has 3 nitrogen and oxygen atoms in total. The zero-order valence-electron chi connectivity index (χ0n) is 19.8. The number of carbonyl (C=O) groups excluding carboxylic acids is 1. The van der Waals surface area contributed by atoms with Crippen molar-refractivity contribution in [2.24, 2.45) is 34.0 Å². The molecule has 3 heteroatoms. The molecule has 30 heavy (non-hydrogen) atoms. The molecule has 1 aromatic rings. The smallest absolute Gasteiger partial charge is 0.302 e. The first-order valence-electron chi connectivity index (χ1n) is 12.3. The lowest BCUT2D eigenvalue weighted by atomic mass is 9.35. The predicted octanol–water partition coefficient (Wildman–Crippen LogP) is 6.68. The van der Waals surface area contributed by atoms with Gasteiger partial charge in [-0.25, -0.2) is 0 Å². The molecule has 0 bridgehead atoms. The van der Waals surface area contributed by atoms with Crippen LogP contribution in [0.3, 0.4) is 0 Å². The number of rotatable bonds is 1. The van der Waals surface area contributed by atoms with E-state index in [0.717, 1.165) is 18.8 Å². The lowest BCUT2D eigenvalue weighted by molar-refractivity contribution is -0.216. The fourth-order valence-electron chi connectivity index (χ4n) is 9.66. The van der Waals surface area contributed by atoms with Crippen molar-refractivity contribution in [2.75, 3.05) is 0 Å². The van der Waals surface area contributed by atoms with Gasteiger partial charge < -0.3 is 9.15 Å². The number of carbonyl (C=O) groups is 1. The highest BCUT2D eigenvalue weighted by molar-refractivity contribution is 5.66. The molecule has 1 heterocycles. The van der Waals surface area contributed by atoms with E-state index in [1.54, 1.807) is 6.92 Å². The van der Waals surface area contributed by atoms with Crippen LogP contribution in [0.1, 0.15) is 97.6 Å². The van der Waals surface area contributed by atoms with Crippen LogP contribution in [-0.2, 0) is 21.4 Å². The summed E-state index contributed by atoms with van der Waals surface area (Å²) in [6.45, 7) is 14.2. The Hall–Kier alpha value is -1.25. The van der Waals surface area contributed by atoms with Crippen LogP contribution in [0.25, 0.3) is 0 Å². The maximum absolute atomic E-state index is 12.2. The van der Waals surface area contributed by atoms with E-state index in [1.807, 2.05) is 12.5 Å². The fourth-order valence-corrected chi connectivity index (χ4v) is 9.66. The highest BCUT2D eigenvalue weighted by Crippen LogP contribution is 2.72. The molecular formula is C27H40O3. The first-order valence-corrected chi connectivity index (χ1v) is 12.3. The van der Waals surface area contributed by atoms with E-state index in [-0.39, 0.29) is 17.5 Å². The molecule has 0 saturated heterocycles. The summed E-state index contributed by atoms with van der Waals surface area (Å²) in [6.07, 6.45) is 13.8. The summed E-state index contributed by atoms with van der Waals surface area (Å²) in [4.78, 5) is 12.2. The van der Waals surface area contributed by atoms with E-state index < -0.39 is 0 Å². The molecule has 7 atom stereocenters. The molecule has 0 radical (unpaired) electrons. The summed E-state index contributed by atoms with van der Waals surface area (Å²) in [5.41, 5.74) is 3.53. The van der Waals surface area contributed by atoms with E-state index in [1.165, 1.54) is 49.7 Å². The Morgan fingerprint density at radius 1 is 0.967 bits per heavy atom. The van der Waals surface area contributed by atoms with Crippen LogP contribution < -0.4 is 0 Å². The average Bonchev–Trinajstić information content (AvgIpc) is 3.12. The number of ether oxygens (including phenoxy) is 1. The summed E-state index contributed by atoms with van der Waals surface area (Å²) < 4.78 is 11.9. The maximum atomic E-state index is 12.2. The second-order valence-corrected chi connectivity index (χ2v) is 12.5. The fraction of sp³-hybridized carbons (Fsp3) is 0.815. The van der Waals surface area contributed by atoms with Crippen molar-refractivity contribution in [1.29, 1.82) is 0 Å². The monoisotopic (exact) mass is 412 g/mol. The van der Waals surface area contributed by atoms with Crippen molar-refractivity contribution >= 4 is 5.97 Å². The van der Waals surface area contributed by atoms with Crippen LogP contribution in [0.5, 0.6) is 0 Å². The topological polar surface area (TPSA) is 39.4 Å². The second-order valence-electron chi connectivity index (χ2n) is 12.5. The van der Waals surface area contributed by atoms with Gasteiger partial charge in [-0.3, -0.25) is 4.79 Å². The highest BCUT2D eigenvalue weighted by Gasteiger charge is 2.68. The molecule has 5 rings (SSSR count). The minimum Gasteiger partial charge on any atom is -0.472 e. The van der Waals surface area contributed by atoms with Crippen LogP contribution in [0.2, 0.25) is 0 Å². The SMILES string of the molecule is CC(=O)O[C@H]1C[C@@H]2[C@@]3(C)CCCC(C)(C)[C@@H]3CC[C@@]2(C)[C@@H]2CCc3cocc3[C@@]12C. The number of esters is 1. The third kappa shape index (κ3) is 2.53. The summed E-state index contributed by atoms with van der Waals surface area (Å²) in [5.74, 6) is 1.77. The minimum atomic E-state index is -0.148. The largest absolute Gasteiger partial charge is 0.472 e. The Balaban J connectivity index is 1.64. The van der Waals surface area contributed by atoms with E-state index in [0.29, 0.717) is 28.1 Å². The van der Waals surface area contributed by atoms with Gasteiger partial charge in [0.05, 0.1) is 12.5 Å². The third-order valence-corrected chi connectivity index (χ3v) is 10.8. The lowest BCUT2D eigenvalue weighted by Gasteiger charge is -2.70. The van der Waals surface area contributed by atoms with Crippen molar-refractivity contribution < 1.29 is 13.9 Å². The predicted molar refractivity (Wildman–Crippen MR) is 118 cm³/mol. The standard InChI is InChI=1S/C27H40O3/c1-17(28)30-23-14-22-25(4)12-7-11-24(2,3)20(25)10-13-26(22,5)21-9-8-18-15-29-16-19(18)27(21,23)6/h15-16,20-23H,7-14H2,1-6H3/t20-,21-,22+,23-,25-,26-,27+/m0/s1. The van der Waals surface area contributed by atoms with Crippen LogP contribution in [0, 0.1) is 34.0 Å². The van der Waals surface area contributed by atoms with Crippen LogP contribution in [0.15, 0.2) is 16.9 Å². The molecule has 0 spiro atoms. The first-order chi connectivity index (χ1) is 14.0. The van der Waals surface area contributed by atoms with Gasteiger partial charge in [0.15, 0.2) is 0 Å². The second kappa shape index (κ2) is 6.39. The van der Waals surface area contributed by atoms with Crippen molar-refractivity contribution in [1.82, 2.24) is 0 Å². The van der Waals surface area contributed by atoms with Crippen molar-refractivity contribution in [3.05, 3.63) is 23.7 Å². The number of hydrogen-bond acceptors (Lipinski definition) is 3. The molecule has 4 aliphatic rings. The van der Waals surface area contributed by atoms with Crippen molar-refractivity contribution in [3.63, 3.8) is 0 Å². The Bertz CT molecular complexity index is 852. The Labute approximate surface area is 182 Å². The molecule has 0 aliphatic heterocycles. The molecule has 0 aromatic carbocycles. The summed E-state index contributed by atoms with van der Waals surface area (Å²) in [5, 5.41) is 0. The lowest BCUT2D eigenvalue weighted by Crippen LogP contribution is -2.66. The van der Waals surface area contributed by atoms with Crippen LogP contribution in [-0.4, -0.2) is 12.1 Å². The third-order valence-electron chi connectivity index (χ3n) is 10.8.